The molecule has 0 radical (unpaired) electrons. The van der Waals surface area contributed by atoms with Gasteiger partial charge in [0, 0.05) is 33.3 Å². The molecule has 0 aliphatic heterocycles. The summed E-state index contributed by atoms with van der Waals surface area (Å²) in [4.78, 5) is 2.50. The first-order valence-corrected chi connectivity index (χ1v) is 18.0. The van der Waals surface area contributed by atoms with E-state index < -0.39 is 0 Å². The molecule has 0 unspecified atom stereocenters. The molecule has 3 aliphatic rings. The van der Waals surface area contributed by atoms with Gasteiger partial charge >= 0.3 is 0 Å². The molecule has 0 N–H and O–H groups in total. The Morgan fingerprint density at radius 2 is 0.680 bits per heavy atom. The van der Waals surface area contributed by atoms with Gasteiger partial charge in [-0.25, -0.2) is 0 Å². The van der Waals surface area contributed by atoms with Gasteiger partial charge in [0.1, 0.15) is 0 Å². The molecule has 0 saturated heterocycles. The standard InChI is InChI=1S/C49H41N/c1-47(2)42-18-12-10-16-36(42)39-27-32(20-23-43(39)47)50(34-19-22-37-35-15-9-11-17-41(35)48(3,4)46(37)29-34)33-21-24-44-40(28-33)38-25-30-13-7-8-14-31(30)26-45(38)49(44,5)6/h7-29H,1-6H3. The van der Waals surface area contributed by atoms with Gasteiger partial charge in [-0.05, 0) is 126 Å². The Labute approximate surface area is 295 Å². The van der Waals surface area contributed by atoms with Crippen LogP contribution in [0.4, 0.5) is 17.1 Å². The predicted octanol–water partition coefficient (Wildman–Crippen LogP) is 13.2. The van der Waals surface area contributed by atoms with Crippen molar-refractivity contribution in [2.75, 3.05) is 4.90 Å². The molecule has 7 aromatic carbocycles. The van der Waals surface area contributed by atoms with Crippen molar-refractivity contribution < 1.29 is 0 Å². The minimum atomic E-state index is -0.0868. The van der Waals surface area contributed by atoms with Crippen LogP contribution in [0.2, 0.25) is 0 Å². The minimum Gasteiger partial charge on any atom is -0.310 e. The topological polar surface area (TPSA) is 3.24 Å². The van der Waals surface area contributed by atoms with Crippen molar-refractivity contribution in [2.24, 2.45) is 0 Å². The Morgan fingerprint density at radius 3 is 1.30 bits per heavy atom. The summed E-state index contributed by atoms with van der Waals surface area (Å²) in [6, 6.07) is 53.0. The van der Waals surface area contributed by atoms with Crippen LogP contribution in [0.5, 0.6) is 0 Å². The maximum atomic E-state index is 2.50. The van der Waals surface area contributed by atoms with Gasteiger partial charge in [-0.15, -0.1) is 0 Å². The number of nitrogens with zero attached hydrogens (tertiary/aromatic N) is 1. The zero-order chi connectivity index (χ0) is 34.2. The van der Waals surface area contributed by atoms with Gasteiger partial charge in [-0.1, -0.05) is 133 Å². The van der Waals surface area contributed by atoms with E-state index in [-0.39, 0.29) is 16.2 Å². The highest BCUT2D eigenvalue weighted by Crippen LogP contribution is 2.55. The van der Waals surface area contributed by atoms with E-state index in [1.165, 1.54) is 94.6 Å². The smallest absolute Gasteiger partial charge is 0.0468 e. The van der Waals surface area contributed by atoms with E-state index in [9.17, 15) is 0 Å². The Hall–Kier alpha value is -5.40. The van der Waals surface area contributed by atoms with Crippen molar-refractivity contribution in [3.8, 4) is 33.4 Å². The van der Waals surface area contributed by atoms with Crippen molar-refractivity contribution in [3.63, 3.8) is 0 Å². The summed E-state index contributed by atoms with van der Waals surface area (Å²) in [6.07, 6.45) is 0. The Balaban J connectivity index is 1.20. The summed E-state index contributed by atoms with van der Waals surface area (Å²) >= 11 is 0. The zero-order valence-electron chi connectivity index (χ0n) is 29.7. The number of rotatable bonds is 3. The number of anilines is 3. The summed E-state index contributed by atoms with van der Waals surface area (Å²) in [6.45, 7) is 14.2. The SMILES string of the molecule is CC1(C)c2ccccc2-c2cc(N(c3ccc4c(c3)-c3cc5ccccc5cc3C4(C)C)c3ccc4c(c3)C(C)(C)c3ccccc3-4)ccc21. The third-order valence-electron chi connectivity index (χ3n) is 12.4. The first kappa shape index (κ1) is 29.5. The summed E-state index contributed by atoms with van der Waals surface area (Å²) < 4.78 is 0. The van der Waals surface area contributed by atoms with Crippen molar-refractivity contribution in [1.82, 2.24) is 0 Å². The molecular formula is C49H41N. The molecule has 0 fully saturated rings. The quantitative estimate of drug-likeness (QED) is 0.185. The van der Waals surface area contributed by atoms with E-state index >= 15 is 0 Å². The second-order valence-corrected chi connectivity index (χ2v) is 16.2. The number of fused-ring (bicyclic) bond motifs is 10. The van der Waals surface area contributed by atoms with Gasteiger partial charge in [0.05, 0.1) is 0 Å². The zero-order valence-corrected chi connectivity index (χ0v) is 29.7. The van der Waals surface area contributed by atoms with Crippen molar-refractivity contribution in [2.45, 2.75) is 57.8 Å². The molecule has 7 aromatic rings. The molecule has 242 valence electrons. The van der Waals surface area contributed by atoms with Crippen LogP contribution in [0.3, 0.4) is 0 Å². The van der Waals surface area contributed by atoms with E-state index in [0.29, 0.717) is 0 Å². The van der Waals surface area contributed by atoms with Gasteiger partial charge in [-0.2, -0.15) is 0 Å². The molecule has 0 aromatic heterocycles. The van der Waals surface area contributed by atoms with Crippen LogP contribution < -0.4 is 4.90 Å². The van der Waals surface area contributed by atoms with Crippen molar-refractivity contribution >= 4 is 27.8 Å². The lowest BCUT2D eigenvalue weighted by molar-refractivity contribution is 0.660. The molecule has 0 bridgehead atoms. The fraction of sp³-hybridized carbons (Fsp3) is 0.184. The van der Waals surface area contributed by atoms with E-state index in [2.05, 4.69) is 186 Å². The Morgan fingerprint density at radius 1 is 0.300 bits per heavy atom. The van der Waals surface area contributed by atoms with Gasteiger partial charge in [-0.3, -0.25) is 0 Å². The molecule has 0 heterocycles. The highest BCUT2D eigenvalue weighted by molar-refractivity contribution is 5.96. The lowest BCUT2D eigenvalue weighted by Gasteiger charge is -2.30. The molecule has 3 aliphatic carbocycles. The maximum Gasteiger partial charge on any atom is 0.0468 e. The summed E-state index contributed by atoms with van der Waals surface area (Å²) in [5.41, 5.74) is 19.8. The van der Waals surface area contributed by atoms with E-state index in [0.717, 1.165) is 0 Å². The second-order valence-electron chi connectivity index (χ2n) is 16.2. The van der Waals surface area contributed by atoms with Crippen LogP contribution in [0.25, 0.3) is 44.2 Å². The average Bonchev–Trinajstić information content (AvgIpc) is 3.60. The van der Waals surface area contributed by atoms with E-state index in [4.69, 9.17) is 0 Å². The monoisotopic (exact) mass is 643 g/mol. The summed E-state index contributed by atoms with van der Waals surface area (Å²) in [7, 11) is 0. The molecule has 0 spiro atoms. The third kappa shape index (κ3) is 3.84. The number of hydrogen-bond donors (Lipinski definition) is 0. The average molecular weight is 644 g/mol. The van der Waals surface area contributed by atoms with Gasteiger partial charge in [0.25, 0.3) is 0 Å². The lowest BCUT2D eigenvalue weighted by Crippen LogP contribution is -2.17. The first-order chi connectivity index (χ1) is 24.0. The van der Waals surface area contributed by atoms with Crippen LogP contribution in [0.1, 0.15) is 74.9 Å². The van der Waals surface area contributed by atoms with Crippen LogP contribution in [0.15, 0.2) is 140 Å². The predicted molar refractivity (Wildman–Crippen MR) is 211 cm³/mol. The summed E-state index contributed by atoms with van der Waals surface area (Å²) in [5.74, 6) is 0. The van der Waals surface area contributed by atoms with E-state index in [1.54, 1.807) is 0 Å². The van der Waals surface area contributed by atoms with Crippen LogP contribution in [-0.2, 0) is 16.2 Å². The fourth-order valence-corrected chi connectivity index (χ4v) is 9.69. The third-order valence-corrected chi connectivity index (χ3v) is 12.4. The molecule has 0 amide bonds. The van der Waals surface area contributed by atoms with Crippen molar-refractivity contribution in [1.29, 1.82) is 0 Å². The van der Waals surface area contributed by atoms with Gasteiger partial charge in [0.15, 0.2) is 0 Å². The maximum absolute atomic E-state index is 2.50. The number of benzene rings is 7. The second kappa shape index (κ2) is 9.86. The van der Waals surface area contributed by atoms with Gasteiger partial charge < -0.3 is 4.90 Å². The molecule has 1 heteroatoms. The highest BCUT2D eigenvalue weighted by atomic mass is 15.1. The molecule has 10 rings (SSSR count). The highest BCUT2D eigenvalue weighted by Gasteiger charge is 2.39. The fourth-order valence-electron chi connectivity index (χ4n) is 9.69. The first-order valence-electron chi connectivity index (χ1n) is 18.0. The summed E-state index contributed by atoms with van der Waals surface area (Å²) in [5, 5.41) is 2.59. The lowest BCUT2D eigenvalue weighted by atomic mass is 9.81. The molecular weight excluding hydrogens is 603 g/mol. The van der Waals surface area contributed by atoms with E-state index in [1.807, 2.05) is 0 Å². The molecule has 50 heavy (non-hydrogen) atoms. The number of hydrogen-bond acceptors (Lipinski definition) is 1. The molecule has 1 nitrogen and oxygen atoms in total. The van der Waals surface area contributed by atoms with Crippen LogP contribution >= 0.6 is 0 Å². The minimum absolute atomic E-state index is 0.0374. The van der Waals surface area contributed by atoms with Gasteiger partial charge in [0.2, 0.25) is 0 Å². The Kier molecular flexibility index (Phi) is 5.82. The van der Waals surface area contributed by atoms with Crippen molar-refractivity contribution in [3.05, 3.63) is 173 Å². The molecule has 0 atom stereocenters. The van der Waals surface area contributed by atoms with Crippen LogP contribution in [0, 0.1) is 0 Å². The Bertz CT molecular complexity index is 2580. The van der Waals surface area contributed by atoms with Crippen LogP contribution in [-0.4, -0.2) is 0 Å². The largest absolute Gasteiger partial charge is 0.310 e. The molecule has 0 saturated carbocycles. The normalized spacial score (nSPS) is 16.3.